The van der Waals surface area contributed by atoms with E-state index in [0.29, 0.717) is 5.92 Å². The molecule has 1 heterocycles. The fourth-order valence-corrected chi connectivity index (χ4v) is 2.73. The average Bonchev–Trinajstić information content (AvgIpc) is 3.09. The molecule has 0 atom stereocenters. The van der Waals surface area contributed by atoms with E-state index in [0.717, 1.165) is 11.4 Å². The van der Waals surface area contributed by atoms with Crippen molar-refractivity contribution >= 4 is 5.97 Å². The van der Waals surface area contributed by atoms with Crippen LogP contribution in [0.15, 0.2) is 30.5 Å². The maximum atomic E-state index is 11.0. The van der Waals surface area contributed by atoms with Crippen LogP contribution >= 0.6 is 0 Å². The Balaban J connectivity index is 1.89. The van der Waals surface area contributed by atoms with Gasteiger partial charge >= 0.3 is 5.97 Å². The van der Waals surface area contributed by atoms with Crippen molar-refractivity contribution in [1.29, 1.82) is 0 Å². The summed E-state index contributed by atoms with van der Waals surface area (Å²) in [6.45, 7) is 0. The van der Waals surface area contributed by atoms with Crippen molar-refractivity contribution in [3.8, 4) is 11.4 Å². The zero-order valence-corrected chi connectivity index (χ0v) is 10.6. The largest absolute Gasteiger partial charge is 0.478 e. The second kappa shape index (κ2) is 4.88. The molecule has 2 aromatic rings. The molecule has 19 heavy (non-hydrogen) atoms. The minimum Gasteiger partial charge on any atom is -0.478 e. The molecule has 1 aromatic carbocycles. The highest BCUT2D eigenvalue weighted by Gasteiger charge is 2.19. The lowest BCUT2D eigenvalue weighted by atomic mass is 10.1. The zero-order chi connectivity index (χ0) is 13.2. The topological polar surface area (TPSA) is 66.0 Å². The first kappa shape index (κ1) is 12.0. The molecule has 0 radical (unpaired) electrons. The predicted molar refractivity (Wildman–Crippen MR) is 72.2 cm³/mol. The average molecular weight is 256 g/mol. The SMILES string of the molecule is O=C(O)c1cccc(-c2ncc(C3CCCC3)[nH]2)c1. The number of aromatic nitrogens is 2. The number of nitrogens with one attached hydrogen (secondary N) is 1. The van der Waals surface area contributed by atoms with Crippen LogP contribution in [0.25, 0.3) is 11.4 Å². The number of carbonyl (C=O) groups is 1. The van der Waals surface area contributed by atoms with E-state index in [1.54, 1.807) is 18.2 Å². The molecule has 0 spiro atoms. The molecule has 1 fully saturated rings. The van der Waals surface area contributed by atoms with Gasteiger partial charge in [-0.25, -0.2) is 9.78 Å². The number of hydrogen-bond acceptors (Lipinski definition) is 2. The summed E-state index contributed by atoms with van der Waals surface area (Å²) in [5.74, 6) is 0.429. The van der Waals surface area contributed by atoms with Crippen LogP contribution in [0.5, 0.6) is 0 Å². The lowest BCUT2D eigenvalue weighted by Crippen LogP contribution is -1.96. The fraction of sp³-hybridized carbons (Fsp3) is 0.333. The number of aromatic carboxylic acids is 1. The molecule has 98 valence electrons. The molecule has 0 bridgehead atoms. The molecule has 1 aromatic heterocycles. The van der Waals surface area contributed by atoms with E-state index in [4.69, 9.17) is 5.11 Å². The van der Waals surface area contributed by atoms with E-state index in [1.807, 2.05) is 12.3 Å². The second-order valence-corrected chi connectivity index (χ2v) is 5.05. The van der Waals surface area contributed by atoms with E-state index in [9.17, 15) is 4.79 Å². The fourth-order valence-electron chi connectivity index (χ4n) is 2.73. The Morgan fingerprint density at radius 3 is 2.84 bits per heavy atom. The normalized spacial score (nSPS) is 15.8. The van der Waals surface area contributed by atoms with Crippen molar-refractivity contribution in [2.45, 2.75) is 31.6 Å². The highest BCUT2D eigenvalue weighted by Crippen LogP contribution is 2.33. The summed E-state index contributed by atoms with van der Waals surface area (Å²) in [6, 6.07) is 6.87. The summed E-state index contributed by atoms with van der Waals surface area (Å²) in [5.41, 5.74) is 2.29. The van der Waals surface area contributed by atoms with Gasteiger partial charge in [-0.15, -0.1) is 0 Å². The third-order valence-corrected chi connectivity index (χ3v) is 3.77. The summed E-state index contributed by atoms with van der Waals surface area (Å²) < 4.78 is 0. The Bertz CT molecular complexity index is 598. The number of carboxylic acid groups (broad SMARTS) is 1. The molecular weight excluding hydrogens is 240 g/mol. The van der Waals surface area contributed by atoms with Crippen LogP contribution in [0.2, 0.25) is 0 Å². The van der Waals surface area contributed by atoms with Crippen molar-refractivity contribution in [3.05, 3.63) is 41.7 Å². The van der Waals surface area contributed by atoms with E-state index >= 15 is 0 Å². The molecule has 1 saturated carbocycles. The number of imidazole rings is 1. The van der Waals surface area contributed by atoms with Crippen molar-refractivity contribution in [1.82, 2.24) is 9.97 Å². The number of rotatable bonds is 3. The van der Waals surface area contributed by atoms with Crippen molar-refractivity contribution < 1.29 is 9.90 Å². The third-order valence-electron chi connectivity index (χ3n) is 3.77. The number of nitrogens with zero attached hydrogens (tertiary/aromatic N) is 1. The molecule has 3 rings (SSSR count). The van der Waals surface area contributed by atoms with E-state index < -0.39 is 5.97 Å². The van der Waals surface area contributed by atoms with Crippen molar-refractivity contribution in [2.24, 2.45) is 0 Å². The predicted octanol–water partition coefficient (Wildman–Crippen LogP) is 3.43. The van der Waals surface area contributed by atoms with E-state index in [2.05, 4.69) is 9.97 Å². The third kappa shape index (κ3) is 2.38. The van der Waals surface area contributed by atoms with E-state index in [-0.39, 0.29) is 5.56 Å². The first-order chi connectivity index (χ1) is 9.24. The minimum absolute atomic E-state index is 0.288. The molecule has 0 amide bonds. The zero-order valence-electron chi connectivity index (χ0n) is 10.6. The van der Waals surface area contributed by atoms with Gasteiger partial charge in [-0.05, 0) is 25.0 Å². The van der Waals surface area contributed by atoms with Crippen LogP contribution in [-0.2, 0) is 0 Å². The molecule has 4 nitrogen and oxygen atoms in total. The number of H-pyrrole nitrogens is 1. The van der Waals surface area contributed by atoms with Gasteiger partial charge in [0.2, 0.25) is 0 Å². The Morgan fingerprint density at radius 1 is 1.32 bits per heavy atom. The Hall–Kier alpha value is -2.10. The Morgan fingerprint density at radius 2 is 2.11 bits per heavy atom. The smallest absolute Gasteiger partial charge is 0.335 e. The summed E-state index contributed by atoms with van der Waals surface area (Å²) in [5, 5.41) is 9.00. The van der Waals surface area contributed by atoms with Crippen LogP contribution < -0.4 is 0 Å². The van der Waals surface area contributed by atoms with Gasteiger partial charge in [0.25, 0.3) is 0 Å². The number of carboxylic acids is 1. The standard InChI is InChI=1S/C15H16N2O2/c18-15(19)12-7-3-6-11(8-12)14-16-9-13(17-14)10-4-1-2-5-10/h3,6-10H,1-2,4-5H2,(H,16,17)(H,18,19). The maximum absolute atomic E-state index is 11.0. The molecular formula is C15H16N2O2. The summed E-state index contributed by atoms with van der Waals surface area (Å²) >= 11 is 0. The highest BCUT2D eigenvalue weighted by atomic mass is 16.4. The molecule has 0 aliphatic heterocycles. The number of benzene rings is 1. The van der Waals surface area contributed by atoms with Crippen LogP contribution in [0.4, 0.5) is 0 Å². The summed E-state index contributed by atoms with van der Waals surface area (Å²) in [7, 11) is 0. The molecule has 0 saturated heterocycles. The molecule has 1 aliphatic rings. The summed E-state index contributed by atoms with van der Waals surface area (Å²) in [4.78, 5) is 18.7. The van der Waals surface area contributed by atoms with Crippen LogP contribution in [0.3, 0.4) is 0 Å². The van der Waals surface area contributed by atoms with Crippen LogP contribution in [0, 0.1) is 0 Å². The van der Waals surface area contributed by atoms with Gasteiger partial charge in [0.1, 0.15) is 5.82 Å². The first-order valence-corrected chi connectivity index (χ1v) is 6.62. The maximum Gasteiger partial charge on any atom is 0.335 e. The van der Waals surface area contributed by atoms with Crippen LogP contribution in [0.1, 0.15) is 47.7 Å². The quantitative estimate of drug-likeness (QED) is 0.884. The van der Waals surface area contributed by atoms with Gasteiger partial charge < -0.3 is 10.1 Å². The number of hydrogen-bond donors (Lipinski definition) is 2. The molecule has 1 aliphatic carbocycles. The molecule has 0 unspecified atom stereocenters. The van der Waals surface area contributed by atoms with E-state index in [1.165, 1.54) is 31.4 Å². The summed E-state index contributed by atoms with van der Waals surface area (Å²) in [6.07, 6.45) is 6.90. The van der Waals surface area contributed by atoms with Gasteiger partial charge in [-0.3, -0.25) is 0 Å². The Kier molecular flexibility index (Phi) is 3.07. The Labute approximate surface area is 111 Å². The first-order valence-electron chi connectivity index (χ1n) is 6.62. The molecule has 4 heteroatoms. The van der Waals surface area contributed by atoms with Gasteiger partial charge in [0.05, 0.1) is 5.56 Å². The van der Waals surface area contributed by atoms with Crippen molar-refractivity contribution in [3.63, 3.8) is 0 Å². The van der Waals surface area contributed by atoms with Gasteiger partial charge in [-0.1, -0.05) is 25.0 Å². The van der Waals surface area contributed by atoms with Gasteiger partial charge in [0.15, 0.2) is 0 Å². The van der Waals surface area contributed by atoms with Gasteiger partial charge in [0, 0.05) is 23.4 Å². The highest BCUT2D eigenvalue weighted by molar-refractivity contribution is 5.89. The lowest BCUT2D eigenvalue weighted by molar-refractivity contribution is 0.0697. The number of aromatic amines is 1. The second-order valence-electron chi connectivity index (χ2n) is 5.05. The van der Waals surface area contributed by atoms with Gasteiger partial charge in [-0.2, -0.15) is 0 Å². The van der Waals surface area contributed by atoms with Crippen molar-refractivity contribution in [2.75, 3.05) is 0 Å². The minimum atomic E-state index is -0.913. The monoisotopic (exact) mass is 256 g/mol. The lowest BCUT2D eigenvalue weighted by Gasteiger charge is -2.04. The van der Waals surface area contributed by atoms with Crippen LogP contribution in [-0.4, -0.2) is 21.0 Å². The molecule has 2 N–H and O–H groups in total.